The molecule has 0 fully saturated rings. The third kappa shape index (κ3) is 4.39. The zero-order valence-electron chi connectivity index (χ0n) is 27.9. The van der Waals surface area contributed by atoms with Gasteiger partial charge in [-0.3, -0.25) is 4.57 Å². The van der Waals surface area contributed by atoms with Gasteiger partial charge in [0.05, 0.1) is 11.0 Å². The fraction of sp³-hybridized carbons (Fsp3) is 0. The fourth-order valence-electron chi connectivity index (χ4n) is 7.81. The SMILES string of the molecule is c1ccc(-c2nc(-c3ccc4ccccc4c3)nc(-n3c4ccc5ccccc5c4c4cccc(-c5ccc6c(c5)oc5ccccc56)c43)n2)cc1. The highest BCUT2D eigenvalue weighted by molar-refractivity contribution is 6.23. The summed E-state index contributed by atoms with van der Waals surface area (Å²) in [5.41, 5.74) is 7.77. The molecule has 0 aliphatic rings. The molecule has 3 aromatic heterocycles. The van der Waals surface area contributed by atoms with Crippen molar-refractivity contribution in [3.05, 3.63) is 170 Å². The van der Waals surface area contributed by atoms with Gasteiger partial charge in [-0.05, 0) is 57.4 Å². The maximum absolute atomic E-state index is 6.38. The summed E-state index contributed by atoms with van der Waals surface area (Å²) < 4.78 is 8.61. The molecule has 11 aromatic rings. The van der Waals surface area contributed by atoms with Gasteiger partial charge in [0.1, 0.15) is 11.2 Å². The topological polar surface area (TPSA) is 56.7 Å². The van der Waals surface area contributed by atoms with E-state index in [9.17, 15) is 0 Å². The molecule has 8 aromatic carbocycles. The number of para-hydroxylation sites is 2. The molecule has 0 atom stereocenters. The third-order valence-corrected chi connectivity index (χ3v) is 10.2. The molecule has 242 valence electrons. The first kappa shape index (κ1) is 28.7. The molecule has 0 unspecified atom stereocenters. The zero-order chi connectivity index (χ0) is 34.2. The van der Waals surface area contributed by atoms with Gasteiger partial charge in [-0.2, -0.15) is 9.97 Å². The van der Waals surface area contributed by atoms with Gasteiger partial charge in [-0.15, -0.1) is 0 Å². The highest BCUT2D eigenvalue weighted by atomic mass is 16.3. The molecule has 0 aliphatic carbocycles. The van der Waals surface area contributed by atoms with Crippen molar-refractivity contribution < 1.29 is 4.42 Å². The molecule has 0 bridgehead atoms. The van der Waals surface area contributed by atoms with E-state index in [1.54, 1.807) is 0 Å². The summed E-state index contributed by atoms with van der Waals surface area (Å²) in [6.07, 6.45) is 0. The Morgan fingerprint density at radius 3 is 1.96 bits per heavy atom. The monoisotopic (exact) mass is 664 g/mol. The number of fused-ring (bicyclic) bond motifs is 9. The minimum atomic E-state index is 0.560. The van der Waals surface area contributed by atoms with E-state index in [0.717, 1.165) is 71.4 Å². The summed E-state index contributed by atoms with van der Waals surface area (Å²) in [7, 11) is 0. The van der Waals surface area contributed by atoms with Crippen LogP contribution in [0.2, 0.25) is 0 Å². The van der Waals surface area contributed by atoms with Crippen LogP contribution in [0.15, 0.2) is 174 Å². The quantitative estimate of drug-likeness (QED) is 0.188. The van der Waals surface area contributed by atoms with Gasteiger partial charge < -0.3 is 4.42 Å². The summed E-state index contributed by atoms with van der Waals surface area (Å²) in [4.78, 5) is 15.6. The molecule has 52 heavy (non-hydrogen) atoms. The van der Waals surface area contributed by atoms with Crippen LogP contribution in [0, 0.1) is 0 Å². The lowest BCUT2D eigenvalue weighted by atomic mass is 9.99. The van der Waals surface area contributed by atoms with E-state index in [-0.39, 0.29) is 0 Å². The van der Waals surface area contributed by atoms with Crippen molar-refractivity contribution in [3.63, 3.8) is 0 Å². The van der Waals surface area contributed by atoms with Gasteiger partial charge >= 0.3 is 0 Å². The van der Waals surface area contributed by atoms with E-state index in [1.807, 2.05) is 30.3 Å². The molecule has 0 saturated carbocycles. The Bertz CT molecular complexity index is 3190. The average molecular weight is 665 g/mol. The van der Waals surface area contributed by atoms with Gasteiger partial charge in [-0.1, -0.05) is 140 Å². The lowest BCUT2D eigenvalue weighted by Crippen LogP contribution is -2.07. The lowest BCUT2D eigenvalue weighted by Gasteiger charge is -2.13. The molecular weight excluding hydrogens is 637 g/mol. The van der Waals surface area contributed by atoms with E-state index in [4.69, 9.17) is 19.4 Å². The van der Waals surface area contributed by atoms with Crippen LogP contribution in [-0.4, -0.2) is 19.5 Å². The molecular formula is C47H28N4O. The van der Waals surface area contributed by atoms with Crippen molar-refractivity contribution in [2.45, 2.75) is 0 Å². The second kappa shape index (κ2) is 11.2. The highest BCUT2D eigenvalue weighted by Gasteiger charge is 2.22. The smallest absolute Gasteiger partial charge is 0.238 e. The first-order valence-electron chi connectivity index (χ1n) is 17.4. The van der Waals surface area contributed by atoms with Gasteiger partial charge in [0.2, 0.25) is 5.95 Å². The van der Waals surface area contributed by atoms with Gasteiger partial charge in [0.25, 0.3) is 0 Å². The molecule has 5 nitrogen and oxygen atoms in total. The average Bonchev–Trinajstić information content (AvgIpc) is 3.76. The van der Waals surface area contributed by atoms with Gasteiger partial charge in [0.15, 0.2) is 11.6 Å². The van der Waals surface area contributed by atoms with Gasteiger partial charge in [0, 0.05) is 38.2 Å². The Balaban J connectivity index is 1.24. The van der Waals surface area contributed by atoms with Crippen LogP contribution in [0.25, 0.3) is 105 Å². The number of furan rings is 1. The second-order valence-electron chi connectivity index (χ2n) is 13.2. The number of benzene rings is 8. The maximum atomic E-state index is 6.38. The fourth-order valence-corrected chi connectivity index (χ4v) is 7.81. The van der Waals surface area contributed by atoms with Crippen molar-refractivity contribution in [2.75, 3.05) is 0 Å². The number of hydrogen-bond acceptors (Lipinski definition) is 4. The molecule has 0 radical (unpaired) electrons. The van der Waals surface area contributed by atoms with Crippen molar-refractivity contribution in [2.24, 2.45) is 0 Å². The normalized spacial score (nSPS) is 11.8. The standard InChI is InChI=1S/C47H28N4O/c1-2-13-31(14-3-1)45-48-46(34-22-21-29-11-4-5-15-32(29)27-34)50-47(49-45)51-40-26-24-30-12-6-7-16-35(30)43(40)39-19-10-18-36(44(39)51)33-23-25-38-37-17-8-9-20-41(37)52-42(38)28-33/h1-28H. The molecule has 11 rings (SSSR count). The lowest BCUT2D eigenvalue weighted by molar-refractivity contribution is 0.669. The molecule has 0 amide bonds. The number of aromatic nitrogens is 4. The van der Waals surface area contributed by atoms with E-state index >= 15 is 0 Å². The van der Waals surface area contributed by atoms with Crippen molar-refractivity contribution >= 4 is 65.3 Å². The molecule has 0 saturated heterocycles. The zero-order valence-corrected chi connectivity index (χ0v) is 27.9. The Morgan fingerprint density at radius 1 is 0.404 bits per heavy atom. The number of nitrogens with zero attached hydrogens (tertiary/aromatic N) is 4. The van der Waals surface area contributed by atoms with E-state index in [2.05, 4.69) is 144 Å². The summed E-state index contributed by atoms with van der Waals surface area (Å²) in [5.74, 6) is 1.79. The van der Waals surface area contributed by atoms with E-state index < -0.39 is 0 Å². The third-order valence-electron chi connectivity index (χ3n) is 10.2. The van der Waals surface area contributed by atoms with Crippen LogP contribution >= 0.6 is 0 Å². The summed E-state index contributed by atoms with van der Waals surface area (Å²) in [6, 6.07) is 59.2. The van der Waals surface area contributed by atoms with Crippen LogP contribution in [0.5, 0.6) is 0 Å². The van der Waals surface area contributed by atoms with E-state index in [0.29, 0.717) is 17.6 Å². The minimum absolute atomic E-state index is 0.560. The van der Waals surface area contributed by atoms with Crippen LogP contribution in [-0.2, 0) is 0 Å². The molecule has 0 spiro atoms. The van der Waals surface area contributed by atoms with Crippen molar-refractivity contribution in [1.82, 2.24) is 19.5 Å². The van der Waals surface area contributed by atoms with Gasteiger partial charge in [-0.25, -0.2) is 4.98 Å². The van der Waals surface area contributed by atoms with Crippen molar-refractivity contribution in [3.8, 4) is 39.9 Å². The molecule has 3 heterocycles. The Morgan fingerprint density at radius 2 is 1.08 bits per heavy atom. The largest absolute Gasteiger partial charge is 0.456 e. The second-order valence-corrected chi connectivity index (χ2v) is 13.2. The first-order valence-corrected chi connectivity index (χ1v) is 17.4. The molecule has 0 N–H and O–H groups in total. The number of rotatable bonds is 4. The van der Waals surface area contributed by atoms with Crippen molar-refractivity contribution in [1.29, 1.82) is 0 Å². The Hall–Kier alpha value is -7.11. The predicted molar refractivity (Wildman–Crippen MR) is 213 cm³/mol. The summed E-state index contributed by atoms with van der Waals surface area (Å²) >= 11 is 0. The van der Waals surface area contributed by atoms with Crippen LogP contribution < -0.4 is 0 Å². The first-order chi connectivity index (χ1) is 25.8. The Kier molecular flexibility index (Phi) is 6.18. The van der Waals surface area contributed by atoms with E-state index in [1.165, 1.54) is 16.2 Å². The molecule has 5 heteroatoms. The summed E-state index contributed by atoms with van der Waals surface area (Å²) in [6.45, 7) is 0. The number of hydrogen-bond donors (Lipinski definition) is 0. The predicted octanol–water partition coefficient (Wildman–Crippen LogP) is 12.2. The van der Waals surface area contributed by atoms with Crippen LogP contribution in [0.3, 0.4) is 0 Å². The molecule has 0 aliphatic heterocycles. The van der Waals surface area contributed by atoms with Crippen LogP contribution in [0.1, 0.15) is 0 Å². The maximum Gasteiger partial charge on any atom is 0.238 e. The highest BCUT2D eigenvalue weighted by Crippen LogP contribution is 2.42. The van der Waals surface area contributed by atoms with Crippen LogP contribution in [0.4, 0.5) is 0 Å². The minimum Gasteiger partial charge on any atom is -0.456 e. The Labute approximate surface area is 298 Å². The summed E-state index contributed by atoms with van der Waals surface area (Å²) in [5, 5.41) is 9.17.